The minimum absolute atomic E-state index is 0.329. The second-order valence-corrected chi connectivity index (χ2v) is 5.30. The lowest BCUT2D eigenvalue weighted by Crippen LogP contribution is -2.09. The van der Waals surface area contributed by atoms with E-state index in [1.54, 1.807) is 12.3 Å². The van der Waals surface area contributed by atoms with E-state index >= 15 is 0 Å². The number of aliphatic imine (C=N–C) groups is 1. The van der Waals surface area contributed by atoms with E-state index in [2.05, 4.69) is 4.99 Å². The van der Waals surface area contributed by atoms with Gasteiger partial charge in [-0.2, -0.15) is 0 Å². The zero-order chi connectivity index (χ0) is 18.1. The molecule has 0 aliphatic heterocycles. The summed E-state index contributed by atoms with van der Waals surface area (Å²) in [6.45, 7) is 4.29. The molecular weight excluding hydrogens is 314 g/mol. The Kier molecular flexibility index (Phi) is 6.96. The lowest BCUT2D eigenvalue weighted by atomic mass is 10.1. The Hall–Kier alpha value is -2.88. The van der Waals surface area contributed by atoms with Gasteiger partial charge in [0.25, 0.3) is 0 Å². The van der Waals surface area contributed by atoms with E-state index in [0.717, 1.165) is 22.6 Å². The molecule has 2 aromatic carbocycles. The summed E-state index contributed by atoms with van der Waals surface area (Å²) < 4.78 is 10.8. The molecule has 130 valence electrons. The number of rotatable bonds is 7. The average Bonchev–Trinajstić information content (AvgIpc) is 2.66. The zero-order valence-electron chi connectivity index (χ0n) is 14.9. The van der Waals surface area contributed by atoms with Crippen molar-refractivity contribution in [3.8, 4) is 5.75 Å². The van der Waals surface area contributed by atoms with Gasteiger partial charge in [-0.1, -0.05) is 36.4 Å². The maximum Gasteiger partial charge on any atom is 0.338 e. The molecule has 2 rings (SSSR count). The number of methoxy groups -OCH3 is 1. The number of para-hydroxylation sites is 1. The van der Waals surface area contributed by atoms with Crippen LogP contribution in [-0.4, -0.2) is 25.9 Å². The quantitative estimate of drug-likeness (QED) is 0.550. The SMILES string of the molecule is C/C=N\C(=C/C)c1ccccc1OCCc1ccccc1C(=O)OC. The Morgan fingerprint density at radius 3 is 2.40 bits per heavy atom. The van der Waals surface area contributed by atoms with Crippen LogP contribution >= 0.6 is 0 Å². The molecule has 0 bridgehead atoms. The van der Waals surface area contributed by atoms with Crippen LogP contribution in [0.5, 0.6) is 5.75 Å². The van der Waals surface area contributed by atoms with Crippen molar-refractivity contribution < 1.29 is 14.3 Å². The van der Waals surface area contributed by atoms with Crippen molar-refractivity contribution in [1.82, 2.24) is 0 Å². The second-order valence-electron chi connectivity index (χ2n) is 5.30. The van der Waals surface area contributed by atoms with E-state index in [9.17, 15) is 4.79 Å². The van der Waals surface area contributed by atoms with Crippen LogP contribution in [0.15, 0.2) is 59.6 Å². The van der Waals surface area contributed by atoms with E-state index in [-0.39, 0.29) is 5.97 Å². The largest absolute Gasteiger partial charge is 0.493 e. The average molecular weight is 337 g/mol. The first-order valence-corrected chi connectivity index (χ1v) is 8.24. The normalized spacial score (nSPS) is 11.6. The molecule has 4 nitrogen and oxygen atoms in total. The van der Waals surface area contributed by atoms with Gasteiger partial charge < -0.3 is 9.47 Å². The monoisotopic (exact) mass is 337 g/mol. The van der Waals surface area contributed by atoms with Crippen LogP contribution in [0, 0.1) is 0 Å². The van der Waals surface area contributed by atoms with E-state index in [1.807, 2.05) is 62.4 Å². The number of hydrogen-bond donors (Lipinski definition) is 0. The van der Waals surface area contributed by atoms with Gasteiger partial charge in [0.15, 0.2) is 0 Å². The smallest absolute Gasteiger partial charge is 0.338 e. The highest BCUT2D eigenvalue weighted by Crippen LogP contribution is 2.27. The first-order chi connectivity index (χ1) is 12.2. The van der Waals surface area contributed by atoms with Crippen molar-refractivity contribution in [2.24, 2.45) is 4.99 Å². The summed E-state index contributed by atoms with van der Waals surface area (Å²) in [5, 5.41) is 0. The van der Waals surface area contributed by atoms with Gasteiger partial charge in [0.1, 0.15) is 5.75 Å². The number of nitrogens with zero attached hydrogens (tertiary/aromatic N) is 1. The van der Waals surface area contributed by atoms with Gasteiger partial charge in [-0.25, -0.2) is 4.79 Å². The van der Waals surface area contributed by atoms with Crippen molar-refractivity contribution in [3.63, 3.8) is 0 Å². The maximum atomic E-state index is 11.8. The van der Waals surface area contributed by atoms with Crippen LogP contribution in [0.25, 0.3) is 5.70 Å². The van der Waals surface area contributed by atoms with Gasteiger partial charge in [0.05, 0.1) is 25.0 Å². The summed E-state index contributed by atoms with van der Waals surface area (Å²) in [7, 11) is 1.39. The molecule has 0 aromatic heterocycles. The fraction of sp³-hybridized carbons (Fsp3) is 0.238. The number of allylic oxidation sites excluding steroid dienone is 1. The first-order valence-electron chi connectivity index (χ1n) is 8.24. The molecule has 0 heterocycles. The number of ether oxygens (including phenoxy) is 2. The van der Waals surface area contributed by atoms with Gasteiger partial charge in [-0.3, -0.25) is 4.99 Å². The molecule has 0 N–H and O–H groups in total. The fourth-order valence-corrected chi connectivity index (χ4v) is 2.56. The van der Waals surface area contributed by atoms with Gasteiger partial charge >= 0.3 is 5.97 Å². The Labute approximate surface area is 148 Å². The minimum atomic E-state index is -0.329. The van der Waals surface area contributed by atoms with Gasteiger partial charge in [-0.05, 0) is 37.6 Å². The Morgan fingerprint density at radius 1 is 1.04 bits per heavy atom. The molecule has 0 atom stereocenters. The van der Waals surface area contributed by atoms with Crippen LogP contribution < -0.4 is 4.74 Å². The molecule has 0 radical (unpaired) electrons. The van der Waals surface area contributed by atoms with Crippen molar-refractivity contribution in [2.45, 2.75) is 20.3 Å². The van der Waals surface area contributed by atoms with E-state index < -0.39 is 0 Å². The predicted octanol–water partition coefficient (Wildman–Crippen LogP) is 4.55. The van der Waals surface area contributed by atoms with Gasteiger partial charge in [0, 0.05) is 18.2 Å². The topological polar surface area (TPSA) is 47.9 Å². The van der Waals surface area contributed by atoms with Crippen LogP contribution in [0.4, 0.5) is 0 Å². The zero-order valence-corrected chi connectivity index (χ0v) is 14.9. The molecule has 0 spiro atoms. The highest BCUT2D eigenvalue weighted by atomic mass is 16.5. The Bertz CT molecular complexity index is 778. The molecule has 0 aliphatic carbocycles. The third kappa shape index (κ3) is 4.80. The van der Waals surface area contributed by atoms with E-state index in [1.165, 1.54) is 7.11 Å². The summed E-state index contributed by atoms with van der Waals surface area (Å²) >= 11 is 0. The van der Waals surface area contributed by atoms with Crippen molar-refractivity contribution in [3.05, 3.63) is 71.3 Å². The summed E-state index contributed by atoms with van der Waals surface area (Å²) in [5.74, 6) is 0.446. The summed E-state index contributed by atoms with van der Waals surface area (Å²) in [5.41, 5.74) is 3.30. The molecule has 2 aromatic rings. The molecule has 0 aliphatic rings. The van der Waals surface area contributed by atoms with Crippen molar-refractivity contribution in [2.75, 3.05) is 13.7 Å². The van der Waals surface area contributed by atoms with Gasteiger partial charge in [-0.15, -0.1) is 0 Å². The summed E-state index contributed by atoms with van der Waals surface area (Å²) in [6.07, 6.45) is 4.33. The molecular formula is C21H23NO3. The molecule has 25 heavy (non-hydrogen) atoms. The number of carbonyl (C=O) groups is 1. The lowest BCUT2D eigenvalue weighted by molar-refractivity contribution is 0.0599. The lowest BCUT2D eigenvalue weighted by Gasteiger charge is -2.13. The summed E-state index contributed by atoms with van der Waals surface area (Å²) in [6, 6.07) is 15.2. The number of hydrogen-bond acceptors (Lipinski definition) is 4. The fourth-order valence-electron chi connectivity index (χ4n) is 2.56. The van der Waals surface area contributed by atoms with Crippen LogP contribution in [0.1, 0.15) is 35.3 Å². The number of esters is 1. The third-order valence-electron chi connectivity index (χ3n) is 3.76. The van der Waals surface area contributed by atoms with Gasteiger partial charge in [0.2, 0.25) is 0 Å². The van der Waals surface area contributed by atoms with Crippen molar-refractivity contribution in [1.29, 1.82) is 0 Å². The molecule has 4 heteroatoms. The second kappa shape index (κ2) is 9.42. The van der Waals surface area contributed by atoms with Crippen LogP contribution in [0.2, 0.25) is 0 Å². The molecule has 0 saturated heterocycles. The summed E-state index contributed by atoms with van der Waals surface area (Å²) in [4.78, 5) is 16.2. The number of benzene rings is 2. The number of carbonyl (C=O) groups excluding carboxylic acids is 1. The first kappa shape index (κ1) is 18.5. The van der Waals surface area contributed by atoms with Crippen LogP contribution in [0.3, 0.4) is 0 Å². The predicted molar refractivity (Wildman–Crippen MR) is 101 cm³/mol. The molecule has 0 fully saturated rings. The molecule has 0 amide bonds. The van der Waals surface area contributed by atoms with Crippen molar-refractivity contribution >= 4 is 17.9 Å². The highest BCUT2D eigenvalue weighted by molar-refractivity contribution is 5.91. The Balaban J connectivity index is 2.13. The minimum Gasteiger partial charge on any atom is -0.493 e. The standard InChI is InChI=1S/C21H23NO3/c1-4-19(22-5-2)18-12-8-9-13-20(18)25-15-14-16-10-6-7-11-17(16)21(23)24-3/h4-13H,14-15H2,1-3H3/b19-4-,22-5-. The van der Waals surface area contributed by atoms with E-state index in [4.69, 9.17) is 9.47 Å². The molecule has 0 unspecified atom stereocenters. The third-order valence-corrected chi connectivity index (χ3v) is 3.76. The maximum absolute atomic E-state index is 11.8. The van der Waals surface area contributed by atoms with E-state index in [0.29, 0.717) is 18.6 Å². The Morgan fingerprint density at radius 2 is 1.72 bits per heavy atom. The highest BCUT2D eigenvalue weighted by Gasteiger charge is 2.12. The molecule has 0 saturated carbocycles. The van der Waals surface area contributed by atoms with Crippen LogP contribution in [-0.2, 0) is 11.2 Å².